The number of amides is 1. The van der Waals surface area contributed by atoms with Gasteiger partial charge in [0, 0.05) is 13.6 Å². The van der Waals surface area contributed by atoms with Crippen LogP contribution >= 0.6 is 0 Å². The fourth-order valence-electron chi connectivity index (χ4n) is 2.25. The number of aryl methyl sites for hydroxylation is 2. The maximum Gasteiger partial charge on any atom is 0.272 e. The van der Waals surface area contributed by atoms with Crippen molar-refractivity contribution in [2.24, 2.45) is 7.05 Å². The maximum atomic E-state index is 12.2. The van der Waals surface area contributed by atoms with Gasteiger partial charge < -0.3 is 10.0 Å². The number of carbonyl (C=O) groups is 1. The summed E-state index contributed by atoms with van der Waals surface area (Å²) in [7, 11) is 1.77. The number of nitrogens with zero attached hydrogens (tertiary/aromatic N) is 3. The van der Waals surface area contributed by atoms with Crippen molar-refractivity contribution in [1.29, 1.82) is 0 Å². The second-order valence-electron chi connectivity index (χ2n) is 4.27. The fraction of sp³-hybridized carbons (Fsp3) is 0.636. The van der Waals surface area contributed by atoms with Gasteiger partial charge in [-0.25, -0.2) is 0 Å². The minimum Gasteiger partial charge on any atom is -0.394 e. The minimum absolute atomic E-state index is 0.0253. The molecule has 2 heterocycles. The number of aromatic nitrogens is 2. The second-order valence-corrected chi connectivity index (χ2v) is 4.27. The summed E-state index contributed by atoms with van der Waals surface area (Å²) in [5, 5.41) is 13.4. The molecule has 1 aliphatic rings. The Labute approximate surface area is 94.7 Å². The quantitative estimate of drug-likeness (QED) is 0.785. The van der Waals surface area contributed by atoms with Crippen molar-refractivity contribution in [3.63, 3.8) is 0 Å². The Morgan fingerprint density at radius 1 is 1.69 bits per heavy atom. The van der Waals surface area contributed by atoms with Crippen LogP contribution in [0, 0.1) is 6.92 Å². The molecule has 0 spiro atoms. The second kappa shape index (κ2) is 4.25. The topological polar surface area (TPSA) is 58.4 Å². The van der Waals surface area contributed by atoms with E-state index >= 15 is 0 Å². The zero-order valence-corrected chi connectivity index (χ0v) is 9.68. The molecule has 5 heteroatoms. The Morgan fingerprint density at radius 2 is 2.44 bits per heavy atom. The predicted molar refractivity (Wildman–Crippen MR) is 59.1 cm³/mol. The number of likely N-dealkylation sites (tertiary alicyclic amines) is 1. The van der Waals surface area contributed by atoms with E-state index < -0.39 is 0 Å². The molecule has 1 saturated heterocycles. The lowest BCUT2D eigenvalue weighted by molar-refractivity contribution is 0.0666. The zero-order chi connectivity index (χ0) is 11.7. The normalized spacial score (nSPS) is 20.4. The first-order chi connectivity index (χ1) is 7.63. The molecule has 1 amide bonds. The summed E-state index contributed by atoms with van der Waals surface area (Å²) in [6.07, 6.45) is 1.85. The third kappa shape index (κ3) is 1.82. The van der Waals surface area contributed by atoms with E-state index in [1.54, 1.807) is 22.7 Å². The first-order valence-corrected chi connectivity index (χ1v) is 5.56. The third-order valence-electron chi connectivity index (χ3n) is 3.07. The highest BCUT2D eigenvalue weighted by Gasteiger charge is 2.30. The number of carbonyl (C=O) groups excluding carboxylic acids is 1. The molecule has 1 atom stereocenters. The lowest BCUT2D eigenvalue weighted by Gasteiger charge is -2.22. The molecule has 1 aliphatic heterocycles. The van der Waals surface area contributed by atoms with Gasteiger partial charge in [-0.15, -0.1) is 0 Å². The highest BCUT2D eigenvalue weighted by molar-refractivity contribution is 5.93. The number of hydrogen-bond donors (Lipinski definition) is 1. The summed E-state index contributed by atoms with van der Waals surface area (Å²) >= 11 is 0. The van der Waals surface area contributed by atoms with E-state index in [1.807, 2.05) is 6.92 Å². The first-order valence-electron chi connectivity index (χ1n) is 5.56. The number of aliphatic hydroxyl groups excluding tert-OH is 1. The van der Waals surface area contributed by atoms with Gasteiger partial charge in [-0.2, -0.15) is 5.10 Å². The lowest BCUT2D eigenvalue weighted by Crippen LogP contribution is -2.38. The molecule has 0 bridgehead atoms. The van der Waals surface area contributed by atoms with E-state index in [0.29, 0.717) is 5.69 Å². The van der Waals surface area contributed by atoms with Gasteiger partial charge in [0.1, 0.15) is 5.69 Å². The van der Waals surface area contributed by atoms with Gasteiger partial charge >= 0.3 is 0 Å². The highest BCUT2D eigenvalue weighted by Crippen LogP contribution is 2.19. The van der Waals surface area contributed by atoms with Crippen LogP contribution in [0.3, 0.4) is 0 Å². The average molecular weight is 223 g/mol. The SMILES string of the molecule is Cc1cc(C(=O)N2CCC[C@H]2CO)n(C)n1. The van der Waals surface area contributed by atoms with Crippen LogP contribution in [0.2, 0.25) is 0 Å². The monoisotopic (exact) mass is 223 g/mol. The predicted octanol–water partition coefficient (Wildman–Crippen LogP) is 0.325. The van der Waals surface area contributed by atoms with Crippen molar-refractivity contribution in [2.75, 3.05) is 13.2 Å². The molecule has 16 heavy (non-hydrogen) atoms. The lowest BCUT2D eigenvalue weighted by atomic mass is 10.2. The molecule has 88 valence electrons. The van der Waals surface area contributed by atoms with Crippen molar-refractivity contribution < 1.29 is 9.90 Å². The van der Waals surface area contributed by atoms with Gasteiger partial charge in [-0.05, 0) is 25.8 Å². The van der Waals surface area contributed by atoms with Gasteiger partial charge in [0.2, 0.25) is 0 Å². The molecule has 0 radical (unpaired) electrons. The van der Waals surface area contributed by atoms with Crippen LogP contribution < -0.4 is 0 Å². The molecule has 1 fully saturated rings. The number of rotatable bonds is 2. The van der Waals surface area contributed by atoms with Crippen molar-refractivity contribution in [1.82, 2.24) is 14.7 Å². The number of hydrogen-bond acceptors (Lipinski definition) is 3. The van der Waals surface area contributed by atoms with E-state index in [4.69, 9.17) is 0 Å². The molecular weight excluding hydrogens is 206 g/mol. The van der Waals surface area contributed by atoms with Crippen LogP contribution in [0.4, 0.5) is 0 Å². The van der Waals surface area contributed by atoms with Crippen LogP contribution in [0.15, 0.2) is 6.07 Å². The van der Waals surface area contributed by atoms with Crippen molar-refractivity contribution in [3.8, 4) is 0 Å². The first kappa shape index (κ1) is 11.1. The van der Waals surface area contributed by atoms with E-state index in [2.05, 4.69) is 5.10 Å². The molecule has 1 aromatic rings. The van der Waals surface area contributed by atoms with Crippen molar-refractivity contribution in [2.45, 2.75) is 25.8 Å². The largest absolute Gasteiger partial charge is 0.394 e. The van der Waals surface area contributed by atoms with Gasteiger partial charge in [-0.1, -0.05) is 0 Å². The van der Waals surface area contributed by atoms with Crippen LogP contribution in [-0.4, -0.2) is 44.9 Å². The molecule has 0 saturated carbocycles. The minimum atomic E-state index is -0.0281. The summed E-state index contributed by atoms with van der Waals surface area (Å²) in [6.45, 7) is 2.64. The molecule has 1 aromatic heterocycles. The smallest absolute Gasteiger partial charge is 0.272 e. The Morgan fingerprint density at radius 3 is 3.00 bits per heavy atom. The standard InChI is InChI=1S/C11H17N3O2/c1-8-6-10(13(2)12-8)11(16)14-5-3-4-9(14)7-15/h6,9,15H,3-5,7H2,1-2H3/t9-/m0/s1. The van der Waals surface area contributed by atoms with Crippen LogP contribution in [0.1, 0.15) is 29.0 Å². The van der Waals surface area contributed by atoms with Crippen molar-refractivity contribution in [3.05, 3.63) is 17.5 Å². The average Bonchev–Trinajstić information content (AvgIpc) is 2.83. The molecule has 0 aromatic carbocycles. The summed E-state index contributed by atoms with van der Waals surface area (Å²) < 4.78 is 1.60. The number of aliphatic hydroxyl groups is 1. The molecule has 0 aliphatic carbocycles. The van der Waals surface area contributed by atoms with Gasteiger partial charge in [0.15, 0.2) is 0 Å². The van der Waals surface area contributed by atoms with E-state index in [9.17, 15) is 9.90 Å². The zero-order valence-electron chi connectivity index (χ0n) is 9.68. The fourth-order valence-corrected chi connectivity index (χ4v) is 2.25. The Balaban J connectivity index is 2.21. The Kier molecular flexibility index (Phi) is 2.96. The van der Waals surface area contributed by atoms with E-state index in [0.717, 1.165) is 25.1 Å². The van der Waals surface area contributed by atoms with Gasteiger partial charge in [0.05, 0.1) is 18.3 Å². The van der Waals surface area contributed by atoms with Crippen molar-refractivity contribution >= 4 is 5.91 Å². The van der Waals surface area contributed by atoms with E-state index in [-0.39, 0.29) is 18.6 Å². The van der Waals surface area contributed by atoms with Crippen LogP contribution in [-0.2, 0) is 7.05 Å². The van der Waals surface area contributed by atoms with Crippen LogP contribution in [0.5, 0.6) is 0 Å². The van der Waals surface area contributed by atoms with Crippen LogP contribution in [0.25, 0.3) is 0 Å². The Hall–Kier alpha value is -1.36. The summed E-state index contributed by atoms with van der Waals surface area (Å²) in [5.74, 6) is -0.0281. The van der Waals surface area contributed by atoms with Gasteiger partial charge in [0.25, 0.3) is 5.91 Å². The molecule has 0 unspecified atom stereocenters. The molecular formula is C11H17N3O2. The van der Waals surface area contributed by atoms with Gasteiger partial charge in [-0.3, -0.25) is 9.48 Å². The molecule has 1 N–H and O–H groups in total. The summed E-state index contributed by atoms with van der Waals surface area (Å²) in [5.41, 5.74) is 1.43. The Bertz CT molecular complexity index is 400. The summed E-state index contributed by atoms with van der Waals surface area (Å²) in [6, 6.07) is 1.76. The molecule has 5 nitrogen and oxygen atoms in total. The third-order valence-corrected chi connectivity index (χ3v) is 3.07. The highest BCUT2D eigenvalue weighted by atomic mass is 16.3. The molecule has 2 rings (SSSR count). The van der Waals surface area contributed by atoms with E-state index in [1.165, 1.54) is 0 Å². The maximum absolute atomic E-state index is 12.2. The summed E-state index contributed by atoms with van der Waals surface area (Å²) in [4.78, 5) is 14.0.